The van der Waals surface area contributed by atoms with Gasteiger partial charge in [-0.05, 0) is 41.3 Å². The number of fused-ring (bicyclic) bond motifs is 1. The summed E-state index contributed by atoms with van der Waals surface area (Å²) < 4.78 is 8.11. The average Bonchev–Trinajstić information content (AvgIpc) is 3.87. The average molecular weight is 862 g/mol. The first-order chi connectivity index (χ1) is 30.1. The summed E-state index contributed by atoms with van der Waals surface area (Å²) in [6.45, 7) is 15.0. The Labute approximate surface area is 362 Å². The van der Waals surface area contributed by atoms with Crippen LogP contribution in [0.25, 0.3) is 38.7 Å². The molecule has 4 aromatic heterocycles. The van der Waals surface area contributed by atoms with Gasteiger partial charge >= 0.3 is 5.69 Å². The van der Waals surface area contributed by atoms with Gasteiger partial charge in [0, 0.05) is 102 Å². The van der Waals surface area contributed by atoms with Crippen LogP contribution in [0, 0.1) is 0 Å². The third-order valence-corrected chi connectivity index (χ3v) is 13.0. The zero-order chi connectivity index (χ0) is 42.9. The molecule has 5 N–H and O–H groups in total. The highest BCUT2D eigenvalue weighted by Crippen LogP contribution is 2.38. The molecule has 0 atom stereocenters. The van der Waals surface area contributed by atoms with Gasteiger partial charge < -0.3 is 30.5 Å². The van der Waals surface area contributed by atoms with Crippen LogP contribution >= 0.6 is 11.3 Å². The zero-order valence-corrected chi connectivity index (χ0v) is 35.7. The van der Waals surface area contributed by atoms with Gasteiger partial charge in [0.25, 0.3) is 0 Å². The van der Waals surface area contributed by atoms with E-state index in [-0.39, 0.29) is 35.1 Å². The molecule has 3 saturated heterocycles. The number of carbonyl (C=O) groups is 1. The first-order valence-corrected chi connectivity index (χ1v) is 21.9. The lowest BCUT2D eigenvalue weighted by atomic mass is 9.98. The highest BCUT2D eigenvalue weighted by atomic mass is 32.1. The number of nitrogens with one attached hydrogen (secondary N) is 1. The Kier molecular flexibility index (Phi) is 11.9. The molecule has 0 unspecified atom stereocenters. The van der Waals surface area contributed by atoms with Gasteiger partial charge in [-0.2, -0.15) is 5.10 Å². The van der Waals surface area contributed by atoms with Crippen molar-refractivity contribution in [3.63, 3.8) is 0 Å². The van der Waals surface area contributed by atoms with Crippen LogP contribution in [0.5, 0.6) is 11.5 Å². The maximum atomic E-state index is 13.5. The Morgan fingerprint density at radius 1 is 0.855 bits per heavy atom. The number of nitrogens with zero attached hydrogens (tertiary/aromatic N) is 11. The summed E-state index contributed by atoms with van der Waals surface area (Å²) >= 11 is 1.74. The number of rotatable bonds is 11. The number of aromatic amines is 1. The predicted molar refractivity (Wildman–Crippen MR) is 236 cm³/mol. The largest absolute Gasteiger partial charge is 0.508 e. The number of aromatic nitrogens is 7. The van der Waals surface area contributed by atoms with E-state index < -0.39 is 5.69 Å². The predicted octanol–water partition coefficient (Wildman–Crippen LogP) is 3.10. The van der Waals surface area contributed by atoms with Crippen LogP contribution in [-0.4, -0.2) is 156 Å². The second-order valence-electron chi connectivity index (χ2n) is 16.4. The molecule has 0 saturated carbocycles. The van der Waals surface area contributed by atoms with Crippen molar-refractivity contribution in [1.29, 1.82) is 0 Å². The Hall–Kier alpha value is -5.99. The van der Waals surface area contributed by atoms with E-state index in [0.717, 1.165) is 86.1 Å². The van der Waals surface area contributed by atoms with E-state index in [4.69, 9.17) is 20.4 Å². The number of thiophene rings is 1. The maximum Gasteiger partial charge on any atom is 0.348 e. The number of hydrogen-bond acceptors (Lipinski definition) is 16. The van der Waals surface area contributed by atoms with Crippen molar-refractivity contribution in [1.82, 2.24) is 54.3 Å². The van der Waals surface area contributed by atoms with Crippen LogP contribution in [0.15, 0.2) is 59.7 Å². The molecule has 19 heteroatoms. The first kappa shape index (κ1) is 41.4. The van der Waals surface area contributed by atoms with E-state index in [9.17, 15) is 19.8 Å². The third-order valence-electron chi connectivity index (χ3n) is 11.9. The van der Waals surface area contributed by atoms with E-state index >= 15 is 0 Å². The number of nitrogen functional groups attached to an aromatic ring is 1. The Balaban J connectivity index is 0.762. The fourth-order valence-corrected chi connectivity index (χ4v) is 9.50. The molecule has 0 spiro atoms. The Morgan fingerprint density at radius 2 is 1.53 bits per heavy atom. The maximum absolute atomic E-state index is 13.5. The second kappa shape index (κ2) is 17.8. The van der Waals surface area contributed by atoms with Crippen LogP contribution in [0.3, 0.4) is 0 Å². The molecule has 0 radical (unpaired) electrons. The SMILES string of the molecule is CC(C)c1cc(-c2n[nH]c(=O)n2-c2ccc(CN3CCN(C(=O)CN4CCN(Cc5cc6nc(-c7cnc(N)nc7)nc(N7CCOCC7)c6s5)CC4)CC3)cc2)c(O)cc1O. The van der Waals surface area contributed by atoms with Crippen LogP contribution in [-0.2, 0) is 22.6 Å². The number of benzene rings is 2. The van der Waals surface area contributed by atoms with Gasteiger partial charge in [-0.25, -0.2) is 34.4 Å². The van der Waals surface area contributed by atoms with Crippen molar-refractivity contribution in [3.8, 4) is 40.0 Å². The van der Waals surface area contributed by atoms with Crippen molar-refractivity contribution in [2.45, 2.75) is 32.9 Å². The second-order valence-corrected chi connectivity index (χ2v) is 17.5. The first-order valence-electron chi connectivity index (χ1n) is 21.0. The topological polar surface area (TPSA) is 211 Å². The van der Waals surface area contributed by atoms with Crippen molar-refractivity contribution < 1.29 is 19.7 Å². The summed E-state index contributed by atoms with van der Waals surface area (Å²) in [7, 11) is 0. The highest BCUT2D eigenvalue weighted by Gasteiger charge is 2.27. The summed E-state index contributed by atoms with van der Waals surface area (Å²) in [6, 6.07) is 12.8. The van der Waals surface area contributed by atoms with E-state index in [0.29, 0.717) is 62.0 Å². The Bertz CT molecular complexity index is 2590. The van der Waals surface area contributed by atoms with Gasteiger partial charge in [-0.1, -0.05) is 26.0 Å². The summed E-state index contributed by atoms with van der Waals surface area (Å²) in [4.78, 5) is 57.1. The van der Waals surface area contributed by atoms with Gasteiger partial charge in [0.2, 0.25) is 11.9 Å². The van der Waals surface area contributed by atoms with Crippen LogP contribution in [0.1, 0.15) is 35.8 Å². The smallest absolute Gasteiger partial charge is 0.348 e. The molecule has 3 aliphatic heterocycles. The van der Waals surface area contributed by atoms with Gasteiger partial charge in [0.1, 0.15) is 11.5 Å². The minimum absolute atomic E-state index is 0.00166. The van der Waals surface area contributed by atoms with Crippen LogP contribution in [0.4, 0.5) is 11.8 Å². The molecular weight excluding hydrogens is 811 g/mol. The number of hydrogen-bond donors (Lipinski definition) is 4. The number of phenols is 2. The van der Waals surface area contributed by atoms with Crippen molar-refractivity contribution >= 4 is 39.2 Å². The molecule has 0 bridgehead atoms. The zero-order valence-electron chi connectivity index (χ0n) is 34.9. The normalized spacial score (nSPS) is 17.1. The molecule has 18 nitrogen and oxygen atoms in total. The van der Waals surface area contributed by atoms with E-state index in [1.165, 1.54) is 15.5 Å². The van der Waals surface area contributed by atoms with Crippen LogP contribution < -0.4 is 16.3 Å². The van der Waals surface area contributed by atoms with E-state index in [1.807, 2.05) is 43.0 Å². The van der Waals surface area contributed by atoms with Gasteiger partial charge in [-0.3, -0.25) is 19.5 Å². The highest BCUT2D eigenvalue weighted by molar-refractivity contribution is 7.19. The monoisotopic (exact) mass is 861 g/mol. The number of anilines is 2. The molecule has 62 heavy (non-hydrogen) atoms. The third kappa shape index (κ3) is 8.84. The molecule has 9 rings (SSSR count). The lowest BCUT2D eigenvalue weighted by molar-refractivity contribution is -0.134. The molecule has 3 fully saturated rings. The number of carbonyl (C=O) groups excluding carboxylic acids is 1. The summed E-state index contributed by atoms with van der Waals surface area (Å²) in [5, 5.41) is 27.7. The number of H-pyrrole nitrogens is 1. The molecule has 2 aromatic carbocycles. The standard InChI is InChI=1S/C43H51N13O5S/c1-27(2)32-20-33(36(58)21-35(32)57)40-49-50-43(60)56(40)30-5-3-28(4-6-30)24-51-11-13-54(14-12-51)37(59)26-53-9-7-52(8-10-53)25-31-19-34-38(62-31)41(55-15-17-61-18-16-55)48-39(47-34)29-22-45-42(44)46-23-29/h3-6,19-23,27,57-58H,7-18,24-26H2,1-2H3,(H,50,60)(H2,44,45,46). The molecule has 0 aliphatic carbocycles. The molecule has 324 valence electrons. The van der Waals surface area contributed by atoms with Crippen molar-refractivity contribution in [2.75, 3.05) is 95.8 Å². The quantitative estimate of drug-likeness (QED) is 0.148. The number of phenolic OH excluding ortho intramolecular Hbond substituents is 2. The van der Waals surface area contributed by atoms with Crippen LogP contribution in [0.2, 0.25) is 0 Å². The molecule has 6 aromatic rings. The van der Waals surface area contributed by atoms with Gasteiger partial charge in [0.05, 0.1) is 46.8 Å². The molecule has 7 heterocycles. The number of nitrogens with two attached hydrogens (primary N) is 1. The molecule has 1 amide bonds. The van der Waals surface area contributed by atoms with Crippen molar-refractivity contribution in [2.24, 2.45) is 0 Å². The summed E-state index contributed by atoms with van der Waals surface area (Å²) in [5.41, 5.74) is 9.61. The lowest BCUT2D eigenvalue weighted by Gasteiger charge is -2.38. The number of ether oxygens (including phenoxy) is 1. The summed E-state index contributed by atoms with van der Waals surface area (Å²) in [5.74, 6) is 1.95. The fraction of sp³-hybridized carbons (Fsp3) is 0.419. The number of amides is 1. The van der Waals surface area contributed by atoms with Crippen molar-refractivity contribution in [3.05, 3.63) is 81.3 Å². The fourth-order valence-electron chi connectivity index (χ4n) is 8.35. The minimum atomic E-state index is -0.433. The Morgan fingerprint density at radius 3 is 2.24 bits per heavy atom. The minimum Gasteiger partial charge on any atom is -0.508 e. The van der Waals surface area contributed by atoms with E-state index in [2.05, 4.69) is 45.8 Å². The number of morpholine rings is 1. The van der Waals surface area contributed by atoms with Gasteiger partial charge in [-0.15, -0.1) is 11.3 Å². The van der Waals surface area contributed by atoms with E-state index in [1.54, 1.807) is 29.8 Å². The lowest BCUT2D eigenvalue weighted by Crippen LogP contribution is -2.53. The van der Waals surface area contributed by atoms with Gasteiger partial charge in [0.15, 0.2) is 17.5 Å². The number of piperazine rings is 2. The number of aromatic hydroxyl groups is 2. The molecule has 3 aliphatic rings. The summed E-state index contributed by atoms with van der Waals surface area (Å²) in [6.07, 6.45) is 3.32. The molecular formula is C43H51N13O5S.